The number of amides is 3. The minimum Gasteiger partial charge on any atom is -0.481 e. The maximum absolute atomic E-state index is 12.2. The summed E-state index contributed by atoms with van der Waals surface area (Å²) in [6.45, 7) is 1.94. The van der Waals surface area contributed by atoms with Gasteiger partial charge in [0.25, 0.3) is 11.8 Å². The Kier molecular flexibility index (Phi) is 5.53. The zero-order chi connectivity index (χ0) is 19.2. The van der Waals surface area contributed by atoms with Crippen LogP contribution in [0.1, 0.15) is 26.3 Å². The van der Waals surface area contributed by atoms with E-state index in [9.17, 15) is 14.4 Å². The van der Waals surface area contributed by atoms with Crippen LogP contribution in [0.5, 0.6) is 5.75 Å². The van der Waals surface area contributed by atoms with Crippen molar-refractivity contribution in [3.05, 3.63) is 65.2 Å². The van der Waals surface area contributed by atoms with E-state index in [4.69, 9.17) is 4.74 Å². The summed E-state index contributed by atoms with van der Waals surface area (Å²) in [4.78, 5) is 37.3. The largest absolute Gasteiger partial charge is 0.481 e. The third-order valence-electron chi connectivity index (χ3n) is 4.07. The first-order valence-electron chi connectivity index (χ1n) is 8.44. The van der Waals surface area contributed by atoms with E-state index in [1.807, 2.05) is 31.2 Å². The number of fused-ring (bicyclic) bond motifs is 1. The zero-order valence-electron chi connectivity index (χ0n) is 14.8. The Morgan fingerprint density at radius 1 is 1.00 bits per heavy atom. The van der Waals surface area contributed by atoms with Crippen molar-refractivity contribution in [1.29, 1.82) is 0 Å². The maximum Gasteiger partial charge on any atom is 0.262 e. The average molecular weight is 362 g/mol. The predicted octanol–water partition coefficient (Wildman–Crippen LogP) is 1.79. The highest BCUT2D eigenvalue weighted by atomic mass is 16.5. The van der Waals surface area contributed by atoms with Crippen molar-refractivity contribution in [2.75, 3.05) is 19.7 Å². The molecule has 1 aliphatic rings. The number of aryl methyl sites for hydroxylation is 1. The van der Waals surface area contributed by atoms with Gasteiger partial charge in [-0.05, 0) is 30.7 Å². The highest BCUT2D eigenvalue weighted by molar-refractivity contribution is 6.22. The van der Waals surface area contributed by atoms with E-state index < -0.39 is 17.7 Å². The van der Waals surface area contributed by atoms with Crippen molar-refractivity contribution >= 4 is 17.7 Å². The number of benzene rings is 2. The van der Waals surface area contributed by atoms with Crippen LogP contribution in [0.2, 0.25) is 0 Å². The van der Waals surface area contributed by atoms with E-state index >= 15 is 0 Å². The topological polar surface area (TPSA) is 75.7 Å². The molecule has 0 saturated heterocycles. The fourth-order valence-electron chi connectivity index (χ4n) is 2.67. The van der Waals surface area contributed by atoms with Crippen molar-refractivity contribution in [2.45, 2.75) is 6.92 Å². The van der Waals surface area contributed by atoms with Gasteiger partial charge in [-0.25, -0.2) is 0 Å². The van der Waals surface area contributed by atoms with Crippen LogP contribution in [-0.2, 0) is 4.79 Å². The van der Waals surface area contributed by atoms with Gasteiger partial charge in [-0.15, -0.1) is 0 Å². The van der Waals surface area contributed by atoms with E-state index in [1.165, 1.54) is 0 Å². The van der Waals surface area contributed by atoms with Gasteiger partial charge in [-0.3, -0.25) is 19.3 Å². The first kappa shape index (κ1) is 18.2. The lowest BCUT2D eigenvalue weighted by atomic mass is 10.1. The van der Waals surface area contributed by atoms with E-state index in [0.717, 1.165) is 16.2 Å². The summed E-state index contributed by atoms with van der Waals surface area (Å²) < 4.78 is 5.53. The van der Waals surface area contributed by atoms with E-state index in [0.29, 0.717) is 11.1 Å². The van der Waals surface area contributed by atoms with Crippen LogP contribution < -0.4 is 10.1 Å². The molecule has 0 atom stereocenters. The van der Waals surface area contributed by atoms with Crippen LogP contribution in [0, 0.1) is 18.8 Å². The number of ether oxygens (including phenoxy) is 1. The van der Waals surface area contributed by atoms with Gasteiger partial charge in [-0.1, -0.05) is 42.2 Å². The summed E-state index contributed by atoms with van der Waals surface area (Å²) in [6.07, 6.45) is 0. The Morgan fingerprint density at radius 3 is 2.30 bits per heavy atom. The third-order valence-corrected chi connectivity index (χ3v) is 4.07. The molecule has 3 rings (SSSR count). The lowest BCUT2D eigenvalue weighted by Crippen LogP contribution is -2.40. The van der Waals surface area contributed by atoms with Crippen LogP contribution in [0.3, 0.4) is 0 Å². The van der Waals surface area contributed by atoms with Gasteiger partial charge >= 0.3 is 0 Å². The van der Waals surface area contributed by atoms with Crippen LogP contribution >= 0.6 is 0 Å². The second kappa shape index (κ2) is 8.19. The van der Waals surface area contributed by atoms with Gasteiger partial charge in [0.15, 0.2) is 0 Å². The molecule has 0 spiro atoms. The van der Waals surface area contributed by atoms with Gasteiger partial charge in [0.05, 0.1) is 17.7 Å². The summed E-state index contributed by atoms with van der Waals surface area (Å²) in [5.41, 5.74) is 1.67. The van der Waals surface area contributed by atoms with E-state index in [1.54, 1.807) is 24.3 Å². The van der Waals surface area contributed by atoms with Crippen LogP contribution in [0.4, 0.5) is 0 Å². The number of carbonyl (C=O) groups excluding carboxylic acids is 3. The summed E-state index contributed by atoms with van der Waals surface area (Å²) in [5.74, 6) is 4.99. The van der Waals surface area contributed by atoms with Crippen molar-refractivity contribution in [3.63, 3.8) is 0 Å². The second-order valence-electron chi connectivity index (χ2n) is 5.93. The first-order valence-corrected chi connectivity index (χ1v) is 8.44. The summed E-state index contributed by atoms with van der Waals surface area (Å²) >= 11 is 0. The van der Waals surface area contributed by atoms with E-state index in [-0.39, 0.29) is 19.7 Å². The molecular formula is C21H18N2O4. The summed E-state index contributed by atoms with van der Waals surface area (Å²) in [6, 6.07) is 14.1. The number of carbonyl (C=O) groups is 3. The smallest absolute Gasteiger partial charge is 0.262 e. The van der Waals surface area contributed by atoms with Crippen molar-refractivity contribution in [3.8, 4) is 17.6 Å². The maximum atomic E-state index is 12.2. The molecule has 0 radical (unpaired) electrons. The summed E-state index contributed by atoms with van der Waals surface area (Å²) in [5, 5.41) is 2.57. The van der Waals surface area contributed by atoms with Gasteiger partial charge in [0.2, 0.25) is 5.91 Å². The van der Waals surface area contributed by atoms with Gasteiger partial charge < -0.3 is 10.1 Å². The minimum absolute atomic E-state index is 0.110. The number of hydrogen-bond acceptors (Lipinski definition) is 4. The summed E-state index contributed by atoms with van der Waals surface area (Å²) in [7, 11) is 0. The number of imide groups is 1. The molecule has 27 heavy (non-hydrogen) atoms. The molecular weight excluding hydrogens is 344 g/mol. The second-order valence-corrected chi connectivity index (χ2v) is 5.93. The number of para-hydroxylation sites is 1. The molecule has 0 saturated carbocycles. The Labute approximate surface area is 157 Å². The lowest BCUT2D eigenvalue weighted by Gasteiger charge is -2.12. The fraction of sp³-hybridized carbons (Fsp3) is 0.190. The molecule has 2 aromatic rings. The molecule has 1 aliphatic heterocycles. The lowest BCUT2D eigenvalue weighted by molar-refractivity contribution is -0.121. The number of rotatable bonds is 5. The Bertz CT molecular complexity index is 921. The van der Waals surface area contributed by atoms with Crippen molar-refractivity contribution in [1.82, 2.24) is 10.2 Å². The molecule has 6 heteroatoms. The molecule has 1 heterocycles. The quantitative estimate of drug-likeness (QED) is 0.650. The zero-order valence-corrected chi connectivity index (χ0v) is 14.8. The predicted molar refractivity (Wildman–Crippen MR) is 99.3 cm³/mol. The molecule has 3 amide bonds. The third kappa shape index (κ3) is 4.15. The molecule has 0 unspecified atom stereocenters. The van der Waals surface area contributed by atoms with Gasteiger partial charge in [0, 0.05) is 0 Å². The van der Waals surface area contributed by atoms with Crippen molar-refractivity contribution < 1.29 is 19.1 Å². The Balaban J connectivity index is 1.44. The minimum atomic E-state index is -0.455. The van der Waals surface area contributed by atoms with Crippen LogP contribution in [0.25, 0.3) is 0 Å². The normalized spacial score (nSPS) is 12.3. The molecule has 0 fully saturated rings. The monoisotopic (exact) mass is 362 g/mol. The molecule has 2 aromatic carbocycles. The SMILES string of the molecule is Cc1ccccc1OCC#CCNC(=O)CN1C(=O)c2ccccc2C1=O. The number of nitrogens with zero attached hydrogens (tertiary/aromatic N) is 1. The fourth-order valence-corrected chi connectivity index (χ4v) is 2.67. The number of nitrogens with one attached hydrogen (secondary N) is 1. The van der Waals surface area contributed by atoms with Gasteiger partial charge in [0.1, 0.15) is 18.9 Å². The standard InChI is InChI=1S/C21H18N2O4/c1-15-8-2-5-11-18(15)27-13-7-6-12-22-19(24)14-23-20(25)16-9-3-4-10-17(16)21(23)26/h2-5,8-11H,12-14H2,1H3,(H,22,24). The van der Waals surface area contributed by atoms with E-state index in [2.05, 4.69) is 17.2 Å². The molecule has 6 nitrogen and oxygen atoms in total. The first-order chi connectivity index (χ1) is 13.1. The Hall–Kier alpha value is -3.59. The number of hydrogen-bond donors (Lipinski definition) is 1. The molecule has 1 N–H and O–H groups in total. The molecule has 0 aromatic heterocycles. The Morgan fingerprint density at radius 2 is 1.63 bits per heavy atom. The highest BCUT2D eigenvalue weighted by Gasteiger charge is 2.36. The highest BCUT2D eigenvalue weighted by Crippen LogP contribution is 2.21. The average Bonchev–Trinajstić information content (AvgIpc) is 2.91. The molecule has 136 valence electrons. The van der Waals surface area contributed by atoms with Crippen LogP contribution in [0.15, 0.2) is 48.5 Å². The molecule has 0 aliphatic carbocycles. The van der Waals surface area contributed by atoms with Crippen LogP contribution in [-0.4, -0.2) is 42.3 Å². The molecule has 0 bridgehead atoms. The van der Waals surface area contributed by atoms with Crippen molar-refractivity contribution in [2.24, 2.45) is 0 Å². The van der Waals surface area contributed by atoms with Gasteiger partial charge in [-0.2, -0.15) is 0 Å².